The van der Waals surface area contributed by atoms with Crippen molar-refractivity contribution in [1.29, 1.82) is 0 Å². The molecule has 1 heterocycles. The van der Waals surface area contributed by atoms with Crippen LogP contribution in [0.1, 0.15) is 16.8 Å². The average molecular weight is 262 g/mol. The van der Waals surface area contributed by atoms with Crippen molar-refractivity contribution >= 4 is 11.8 Å². The smallest absolute Gasteiger partial charge is 0.251 e. The first-order valence-electron chi connectivity index (χ1n) is 6.34. The molecule has 1 saturated heterocycles. The highest BCUT2D eigenvalue weighted by Gasteiger charge is 2.25. The van der Waals surface area contributed by atoms with Gasteiger partial charge in [-0.25, -0.2) is 0 Å². The van der Waals surface area contributed by atoms with Crippen LogP contribution in [0.25, 0.3) is 0 Å². The Balaban J connectivity index is 1.80. The fourth-order valence-corrected chi connectivity index (χ4v) is 2.11. The van der Waals surface area contributed by atoms with Crippen molar-refractivity contribution < 1.29 is 14.3 Å². The third-order valence-electron chi connectivity index (χ3n) is 3.27. The Morgan fingerprint density at radius 2 is 2.11 bits per heavy atom. The number of rotatable bonds is 4. The van der Waals surface area contributed by atoms with Crippen molar-refractivity contribution in [3.8, 4) is 0 Å². The van der Waals surface area contributed by atoms with Gasteiger partial charge in [-0.2, -0.15) is 0 Å². The van der Waals surface area contributed by atoms with Gasteiger partial charge in [-0.3, -0.25) is 9.59 Å². The normalized spacial score (nSPS) is 18.4. The average Bonchev–Trinajstić information content (AvgIpc) is 2.94. The summed E-state index contributed by atoms with van der Waals surface area (Å²) in [6.45, 7) is 1.33. The van der Waals surface area contributed by atoms with Gasteiger partial charge in [0.2, 0.25) is 5.91 Å². The van der Waals surface area contributed by atoms with Gasteiger partial charge in [0.25, 0.3) is 5.91 Å². The van der Waals surface area contributed by atoms with Crippen LogP contribution in [0.4, 0.5) is 0 Å². The Morgan fingerprint density at radius 1 is 1.37 bits per heavy atom. The Hall–Kier alpha value is -1.88. The zero-order chi connectivity index (χ0) is 13.7. The quantitative estimate of drug-likeness (QED) is 0.867. The van der Waals surface area contributed by atoms with Gasteiger partial charge in [-0.05, 0) is 18.6 Å². The van der Waals surface area contributed by atoms with Crippen molar-refractivity contribution in [3.63, 3.8) is 0 Å². The monoisotopic (exact) mass is 262 g/mol. The Morgan fingerprint density at radius 3 is 2.74 bits per heavy atom. The van der Waals surface area contributed by atoms with E-state index >= 15 is 0 Å². The number of carbonyl (C=O) groups excluding carboxylic acids is 2. The molecule has 0 radical (unpaired) electrons. The van der Waals surface area contributed by atoms with E-state index in [1.807, 2.05) is 6.07 Å². The van der Waals surface area contributed by atoms with E-state index < -0.39 is 0 Å². The maximum absolute atomic E-state index is 11.9. The number of hydrogen-bond acceptors (Lipinski definition) is 3. The highest BCUT2D eigenvalue weighted by molar-refractivity contribution is 5.96. The molecule has 2 amide bonds. The molecule has 102 valence electrons. The fourth-order valence-electron chi connectivity index (χ4n) is 2.11. The van der Waals surface area contributed by atoms with E-state index in [4.69, 9.17) is 4.74 Å². The predicted octanol–water partition coefficient (Wildman–Crippen LogP) is 0.664. The summed E-state index contributed by atoms with van der Waals surface area (Å²) in [4.78, 5) is 25.4. The predicted molar refractivity (Wildman–Crippen MR) is 70.8 cm³/mol. The molecular formula is C14H18N2O3. The van der Waals surface area contributed by atoms with E-state index in [-0.39, 0.29) is 24.5 Å². The second-order valence-electron chi connectivity index (χ2n) is 4.53. The number of likely N-dealkylation sites (tertiary alicyclic amines) is 1. The van der Waals surface area contributed by atoms with Gasteiger partial charge in [0.1, 0.15) is 0 Å². The lowest BCUT2D eigenvalue weighted by atomic mass is 10.2. The van der Waals surface area contributed by atoms with Crippen molar-refractivity contribution in [2.45, 2.75) is 12.5 Å². The summed E-state index contributed by atoms with van der Waals surface area (Å²) in [5.41, 5.74) is 0.562. The van der Waals surface area contributed by atoms with Gasteiger partial charge in [-0.15, -0.1) is 0 Å². The first-order valence-corrected chi connectivity index (χ1v) is 6.34. The van der Waals surface area contributed by atoms with Crippen LogP contribution >= 0.6 is 0 Å². The highest BCUT2D eigenvalue weighted by Crippen LogP contribution is 2.11. The fraction of sp³-hybridized carbons (Fsp3) is 0.429. The minimum absolute atomic E-state index is 0.0319. The van der Waals surface area contributed by atoms with Crippen molar-refractivity contribution in [2.75, 3.05) is 26.7 Å². The second kappa shape index (κ2) is 6.33. The van der Waals surface area contributed by atoms with Gasteiger partial charge in [-0.1, -0.05) is 18.2 Å². The number of ether oxygens (including phenoxy) is 1. The Labute approximate surface area is 112 Å². The third kappa shape index (κ3) is 3.54. The molecule has 1 aliphatic rings. The molecule has 1 aliphatic heterocycles. The molecule has 0 aliphatic carbocycles. The summed E-state index contributed by atoms with van der Waals surface area (Å²) < 4.78 is 5.21. The number of carbonyl (C=O) groups is 2. The lowest BCUT2D eigenvalue weighted by Gasteiger charge is -2.16. The van der Waals surface area contributed by atoms with Crippen LogP contribution in [0.5, 0.6) is 0 Å². The molecule has 1 N–H and O–H groups in total. The van der Waals surface area contributed by atoms with Gasteiger partial charge >= 0.3 is 0 Å². The Kier molecular flexibility index (Phi) is 4.52. The third-order valence-corrected chi connectivity index (χ3v) is 3.27. The second-order valence-corrected chi connectivity index (χ2v) is 4.53. The van der Waals surface area contributed by atoms with Crippen LogP contribution in [-0.2, 0) is 9.53 Å². The van der Waals surface area contributed by atoms with E-state index in [1.165, 1.54) is 0 Å². The lowest BCUT2D eigenvalue weighted by Crippen LogP contribution is -2.39. The van der Waals surface area contributed by atoms with Crippen LogP contribution in [-0.4, -0.2) is 49.6 Å². The van der Waals surface area contributed by atoms with Crippen LogP contribution < -0.4 is 5.32 Å². The summed E-state index contributed by atoms with van der Waals surface area (Å²) in [6.07, 6.45) is 0.975. The van der Waals surface area contributed by atoms with Gasteiger partial charge in [0.15, 0.2) is 0 Å². The molecule has 5 nitrogen and oxygen atoms in total. The Bertz CT molecular complexity index is 447. The van der Waals surface area contributed by atoms with E-state index in [9.17, 15) is 9.59 Å². The molecule has 1 atom stereocenters. The van der Waals surface area contributed by atoms with Crippen LogP contribution in [0.2, 0.25) is 0 Å². The SMILES string of the molecule is COC1CCN(C(=O)CNC(=O)c2ccccc2)C1. The number of methoxy groups -OCH3 is 1. The lowest BCUT2D eigenvalue weighted by molar-refractivity contribution is -0.129. The molecule has 1 fully saturated rings. The molecule has 19 heavy (non-hydrogen) atoms. The highest BCUT2D eigenvalue weighted by atomic mass is 16.5. The molecule has 1 unspecified atom stereocenters. The van der Waals surface area contributed by atoms with Crippen LogP contribution in [0, 0.1) is 0 Å². The van der Waals surface area contributed by atoms with E-state index in [0.717, 1.165) is 6.42 Å². The van der Waals surface area contributed by atoms with Crippen LogP contribution in [0.3, 0.4) is 0 Å². The van der Waals surface area contributed by atoms with Gasteiger partial charge < -0.3 is 15.0 Å². The molecule has 5 heteroatoms. The van der Waals surface area contributed by atoms with E-state index in [2.05, 4.69) is 5.32 Å². The standard InChI is InChI=1S/C14H18N2O3/c1-19-12-7-8-16(10-12)13(17)9-15-14(18)11-5-3-2-4-6-11/h2-6,12H,7-10H2,1H3,(H,15,18). The largest absolute Gasteiger partial charge is 0.380 e. The van der Waals surface area contributed by atoms with E-state index in [1.54, 1.807) is 36.3 Å². The molecular weight excluding hydrogens is 244 g/mol. The molecule has 0 spiro atoms. The summed E-state index contributed by atoms with van der Waals surface area (Å²) >= 11 is 0. The van der Waals surface area contributed by atoms with E-state index in [0.29, 0.717) is 18.7 Å². The van der Waals surface area contributed by atoms with Crippen LogP contribution in [0.15, 0.2) is 30.3 Å². The molecule has 0 bridgehead atoms. The molecule has 1 aromatic carbocycles. The van der Waals surface area contributed by atoms with Gasteiger partial charge in [0.05, 0.1) is 12.6 Å². The molecule has 1 aromatic rings. The number of nitrogens with zero attached hydrogens (tertiary/aromatic N) is 1. The topological polar surface area (TPSA) is 58.6 Å². The summed E-state index contributed by atoms with van der Waals surface area (Å²) in [5, 5.41) is 2.64. The van der Waals surface area contributed by atoms with Crippen molar-refractivity contribution in [2.24, 2.45) is 0 Å². The molecule has 0 saturated carbocycles. The van der Waals surface area contributed by atoms with Crippen molar-refractivity contribution in [3.05, 3.63) is 35.9 Å². The molecule has 2 rings (SSSR count). The van der Waals surface area contributed by atoms with Crippen molar-refractivity contribution in [1.82, 2.24) is 10.2 Å². The van der Waals surface area contributed by atoms with Gasteiger partial charge in [0, 0.05) is 25.8 Å². The minimum atomic E-state index is -0.226. The number of amides is 2. The number of benzene rings is 1. The maximum Gasteiger partial charge on any atom is 0.251 e. The zero-order valence-electron chi connectivity index (χ0n) is 11.0. The number of hydrogen-bond donors (Lipinski definition) is 1. The summed E-state index contributed by atoms with van der Waals surface area (Å²) in [6, 6.07) is 8.87. The first kappa shape index (κ1) is 13.5. The summed E-state index contributed by atoms with van der Waals surface area (Å²) in [7, 11) is 1.65. The first-order chi connectivity index (χ1) is 9.20. The molecule has 0 aromatic heterocycles. The summed E-state index contributed by atoms with van der Waals surface area (Å²) in [5.74, 6) is -0.291. The number of nitrogens with one attached hydrogen (secondary N) is 1. The minimum Gasteiger partial charge on any atom is -0.380 e. The zero-order valence-corrected chi connectivity index (χ0v) is 11.0. The maximum atomic E-state index is 11.9.